The second-order valence-corrected chi connectivity index (χ2v) is 12.2. The molecule has 0 saturated heterocycles. The molecule has 234 valence electrons. The summed E-state index contributed by atoms with van der Waals surface area (Å²) in [4.78, 5) is 25.4. The van der Waals surface area contributed by atoms with E-state index in [-0.39, 0.29) is 48.7 Å². The zero-order valence-electron chi connectivity index (χ0n) is 24.3. The number of carbonyl (C=O) groups excluding carboxylic acids is 2. The number of carbonyl (C=O) groups is 2. The maximum absolute atomic E-state index is 13.0. The van der Waals surface area contributed by atoms with Crippen LogP contribution in [0.3, 0.4) is 0 Å². The predicted octanol–water partition coefficient (Wildman–Crippen LogP) is 9.69. The molecular weight excluding hydrogens is 546 g/mol. The maximum Gasteiger partial charge on any atom is 0.415 e. The van der Waals surface area contributed by atoms with Gasteiger partial charge in [-0.05, 0) is 75.9 Å². The fraction of sp³-hybridized carbons (Fsp3) is 0.750. The minimum atomic E-state index is -4.75. The van der Waals surface area contributed by atoms with E-state index in [1.165, 1.54) is 0 Å². The normalized spacial score (nSPS) is 23.0. The number of hydrogen-bond donors (Lipinski definition) is 1. The molecule has 0 aromatic carbocycles. The van der Waals surface area contributed by atoms with Gasteiger partial charge >= 0.3 is 12.4 Å². The van der Waals surface area contributed by atoms with E-state index in [9.17, 15) is 41.0 Å². The molecule has 2 unspecified atom stereocenters. The Morgan fingerprint density at radius 1 is 0.829 bits per heavy atom. The third-order valence-electron chi connectivity index (χ3n) is 8.64. The predicted molar refractivity (Wildman–Crippen MR) is 148 cm³/mol. The first kappa shape index (κ1) is 35.3. The van der Waals surface area contributed by atoms with E-state index < -0.39 is 29.1 Å². The van der Waals surface area contributed by atoms with E-state index in [4.69, 9.17) is 0 Å². The summed E-state index contributed by atoms with van der Waals surface area (Å²) in [6.07, 6.45) is 4.18. The van der Waals surface area contributed by atoms with Crippen molar-refractivity contribution in [1.82, 2.24) is 0 Å². The molecule has 41 heavy (non-hydrogen) atoms. The number of ketones is 2. The van der Waals surface area contributed by atoms with Gasteiger partial charge in [0.25, 0.3) is 0 Å². The highest BCUT2D eigenvalue weighted by Crippen LogP contribution is 2.36. The molecule has 9 heteroatoms. The van der Waals surface area contributed by atoms with Crippen molar-refractivity contribution in [3.8, 4) is 0 Å². The van der Waals surface area contributed by atoms with Crippen molar-refractivity contribution in [3.05, 3.63) is 35.5 Å². The van der Waals surface area contributed by atoms with Crippen LogP contribution in [0.25, 0.3) is 0 Å². The summed E-state index contributed by atoms with van der Waals surface area (Å²) in [6.45, 7) is 3.71. The molecule has 0 radical (unpaired) electrons. The van der Waals surface area contributed by atoms with E-state index in [0.717, 1.165) is 71.1 Å². The summed E-state index contributed by atoms with van der Waals surface area (Å²) in [5, 5.41) is 10.8. The molecule has 0 amide bonds. The van der Waals surface area contributed by atoms with E-state index in [1.807, 2.05) is 0 Å². The van der Waals surface area contributed by atoms with Gasteiger partial charge in [-0.25, -0.2) is 0 Å². The Balaban J connectivity index is 1.79. The number of aliphatic hydroxyl groups is 1. The SMILES string of the molecule is C=C(/C=C(\C=C(/C)C(F)(F)F)CCCC(=O)CCCC1CCCCC(C(=O)CC2(O)CCCCC2)CC1)C(F)(F)F. The molecule has 1 N–H and O–H groups in total. The van der Waals surface area contributed by atoms with E-state index in [2.05, 4.69) is 6.58 Å². The summed E-state index contributed by atoms with van der Waals surface area (Å²) in [5.74, 6) is 0.513. The number of alkyl halides is 6. The van der Waals surface area contributed by atoms with Crippen LogP contribution in [0, 0.1) is 11.8 Å². The molecule has 3 nitrogen and oxygen atoms in total. The quantitative estimate of drug-likeness (QED) is 0.171. The highest BCUT2D eigenvalue weighted by atomic mass is 19.4. The average Bonchev–Trinajstić information content (AvgIpc) is 2.84. The van der Waals surface area contributed by atoms with Gasteiger partial charge in [0.2, 0.25) is 0 Å². The number of Topliss-reactive ketones (excluding diaryl/α,β-unsaturated/α-hetero) is 2. The van der Waals surface area contributed by atoms with Gasteiger partial charge in [-0.3, -0.25) is 9.59 Å². The molecule has 0 heterocycles. The van der Waals surface area contributed by atoms with E-state index in [1.54, 1.807) is 0 Å². The number of allylic oxidation sites excluding steroid dienone is 5. The molecule has 0 aliphatic heterocycles. The first-order chi connectivity index (χ1) is 19.1. The molecule has 0 aromatic heterocycles. The highest BCUT2D eigenvalue weighted by Gasteiger charge is 2.35. The first-order valence-corrected chi connectivity index (χ1v) is 15.1. The van der Waals surface area contributed by atoms with Crippen molar-refractivity contribution in [2.75, 3.05) is 0 Å². The van der Waals surface area contributed by atoms with Gasteiger partial charge < -0.3 is 5.11 Å². The standard InChI is InChI=1S/C32H46F6O3/c1-23(31(33,34)35)20-26(21-24(2)32(36,37)38)12-9-15-28(39)14-8-11-25-10-4-5-13-27(17-16-25)29(40)22-30(41)18-6-3-7-19-30/h20-21,25,27,41H,1,3-19,22H2,2H3/b24-21+,26-20-. The maximum atomic E-state index is 13.0. The Labute approximate surface area is 240 Å². The lowest BCUT2D eigenvalue weighted by Crippen LogP contribution is -2.36. The van der Waals surface area contributed by atoms with Gasteiger partial charge in [-0.15, -0.1) is 0 Å². The Kier molecular flexibility index (Phi) is 13.8. The Hall–Kier alpha value is -1.90. The summed E-state index contributed by atoms with van der Waals surface area (Å²) >= 11 is 0. The van der Waals surface area contributed by atoms with Crippen LogP contribution in [0.15, 0.2) is 35.5 Å². The molecule has 2 fully saturated rings. The lowest BCUT2D eigenvalue weighted by Gasteiger charge is -2.33. The van der Waals surface area contributed by atoms with Crippen LogP contribution in [0.1, 0.15) is 122 Å². The van der Waals surface area contributed by atoms with E-state index >= 15 is 0 Å². The van der Waals surface area contributed by atoms with Crippen molar-refractivity contribution in [3.63, 3.8) is 0 Å². The minimum Gasteiger partial charge on any atom is -0.389 e. The van der Waals surface area contributed by atoms with Gasteiger partial charge in [-0.2, -0.15) is 26.3 Å². The molecular formula is C32H46F6O3. The van der Waals surface area contributed by atoms with Crippen LogP contribution in [0.2, 0.25) is 0 Å². The van der Waals surface area contributed by atoms with Crippen LogP contribution in [0.5, 0.6) is 0 Å². The zero-order valence-corrected chi connectivity index (χ0v) is 24.3. The van der Waals surface area contributed by atoms with Gasteiger partial charge in [0, 0.05) is 36.3 Å². The van der Waals surface area contributed by atoms with Crippen molar-refractivity contribution in [2.45, 2.75) is 140 Å². The monoisotopic (exact) mass is 592 g/mol. The second-order valence-electron chi connectivity index (χ2n) is 12.2. The number of hydrogen-bond acceptors (Lipinski definition) is 3. The third kappa shape index (κ3) is 13.3. The number of halogens is 6. The van der Waals surface area contributed by atoms with E-state index in [0.29, 0.717) is 43.8 Å². The zero-order chi connectivity index (χ0) is 30.7. The molecule has 2 rings (SSSR count). The fourth-order valence-corrected chi connectivity index (χ4v) is 6.07. The molecule has 2 aliphatic carbocycles. The lowest BCUT2D eigenvalue weighted by atomic mass is 9.76. The smallest absolute Gasteiger partial charge is 0.389 e. The molecule has 2 aliphatic rings. The third-order valence-corrected chi connectivity index (χ3v) is 8.64. The van der Waals surface area contributed by atoms with Crippen LogP contribution >= 0.6 is 0 Å². The van der Waals surface area contributed by atoms with Crippen molar-refractivity contribution in [2.24, 2.45) is 11.8 Å². The molecule has 0 aromatic rings. The molecule has 2 saturated carbocycles. The summed E-state index contributed by atoms with van der Waals surface area (Å²) in [6, 6.07) is 0. The minimum absolute atomic E-state index is 0.0175. The lowest BCUT2D eigenvalue weighted by molar-refractivity contribution is -0.130. The molecule has 0 bridgehead atoms. The van der Waals surface area contributed by atoms with Crippen LogP contribution in [-0.2, 0) is 9.59 Å². The Morgan fingerprint density at radius 2 is 1.46 bits per heavy atom. The highest BCUT2D eigenvalue weighted by molar-refractivity contribution is 5.82. The van der Waals surface area contributed by atoms with Crippen LogP contribution in [-0.4, -0.2) is 34.6 Å². The van der Waals surface area contributed by atoms with Crippen molar-refractivity contribution in [1.29, 1.82) is 0 Å². The molecule has 2 atom stereocenters. The van der Waals surface area contributed by atoms with Crippen LogP contribution < -0.4 is 0 Å². The summed E-state index contributed by atoms with van der Waals surface area (Å²) < 4.78 is 77.4. The van der Waals surface area contributed by atoms with Crippen molar-refractivity contribution >= 4 is 11.6 Å². The van der Waals surface area contributed by atoms with Gasteiger partial charge in [-0.1, -0.05) is 57.6 Å². The molecule has 0 spiro atoms. The van der Waals surface area contributed by atoms with Gasteiger partial charge in [0.15, 0.2) is 0 Å². The number of rotatable bonds is 13. The summed E-state index contributed by atoms with van der Waals surface area (Å²) in [5.41, 5.74) is -3.26. The van der Waals surface area contributed by atoms with Gasteiger partial charge in [0.1, 0.15) is 11.6 Å². The topological polar surface area (TPSA) is 54.4 Å². The Bertz CT molecular complexity index is 938. The average molecular weight is 593 g/mol. The summed E-state index contributed by atoms with van der Waals surface area (Å²) in [7, 11) is 0. The van der Waals surface area contributed by atoms with Crippen molar-refractivity contribution < 1.29 is 41.0 Å². The second kappa shape index (κ2) is 16.1. The van der Waals surface area contributed by atoms with Gasteiger partial charge in [0.05, 0.1) is 5.60 Å². The first-order valence-electron chi connectivity index (χ1n) is 15.1. The largest absolute Gasteiger partial charge is 0.415 e. The Morgan fingerprint density at radius 3 is 2.10 bits per heavy atom. The fourth-order valence-electron chi connectivity index (χ4n) is 6.07. The van der Waals surface area contributed by atoms with Crippen LogP contribution in [0.4, 0.5) is 26.3 Å².